The first-order valence-electron chi connectivity index (χ1n) is 7.39. The normalized spacial score (nSPS) is 16.2. The van der Waals surface area contributed by atoms with E-state index in [4.69, 9.17) is 6.42 Å². The molecule has 4 heteroatoms. The van der Waals surface area contributed by atoms with Crippen molar-refractivity contribution in [1.82, 2.24) is 4.90 Å². The van der Waals surface area contributed by atoms with Gasteiger partial charge in [0, 0.05) is 37.4 Å². The molecular weight excluding hydrogens is 262 g/mol. The number of carbonyl (C=O) groups is 1. The lowest BCUT2D eigenvalue weighted by molar-refractivity contribution is -0.114. The lowest BCUT2D eigenvalue weighted by Gasteiger charge is -2.32. The van der Waals surface area contributed by atoms with Crippen LogP contribution in [-0.2, 0) is 4.79 Å². The van der Waals surface area contributed by atoms with E-state index in [2.05, 4.69) is 28.4 Å². The van der Waals surface area contributed by atoms with Crippen LogP contribution in [0.1, 0.15) is 25.3 Å². The number of amides is 1. The second-order valence-electron chi connectivity index (χ2n) is 5.61. The summed E-state index contributed by atoms with van der Waals surface area (Å²) in [4.78, 5) is 13.4. The number of rotatable bonds is 4. The van der Waals surface area contributed by atoms with Gasteiger partial charge in [0.15, 0.2) is 0 Å². The minimum Gasteiger partial charge on any atom is -0.382 e. The van der Waals surface area contributed by atoms with Crippen molar-refractivity contribution in [3.05, 3.63) is 23.8 Å². The van der Waals surface area contributed by atoms with E-state index in [-0.39, 0.29) is 5.91 Å². The van der Waals surface area contributed by atoms with Crippen LogP contribution in [0.25, 0.3) is 0 Å². The summed E-state index contributed by atoms with van der Waals surface area (Å²) in [6.07, 6.45) is 7.53. The molecule has 0 radical (unpaired) electrons. The summed E-state index contributed by atoms with van der Waals surface area (Å²) in [5, 5.41) is 6.42. The molecular formula is C17H23N3O. The van der Waals surface area contributed by atoms with Crippen molar-refractivity contribution in [3.63, 3.8) is 0 Å². The molecule has 1 aliphatic rings. The molecule has 2 N–H and O–H groups in total. The van der Waals surface area contributed by atoms with Crippen molar-refractivity contribution in [1.29, 1.82) is 0 Å². The minimum atomic E-state index is -0.0487. The zero-order valence-electron chi connectivity index (χ0n) is 12.8. The summed E-state index contributed by atoms with van der Waals surface area (Å²) in [6.45, 7) is 6.41. The van der Waals surface area contributed by atoms with Crippen LogP contribution in [-0.4, -0.2) is 36.5 Å². The number of hydrogen-bond donors (Lipinski definition) is 2. The highest BCUT2D eigenvalue weighted by Gasteiger charge is 2.18. The number of benzene rings is 1. The van der Waals surface area contributed by atoms with E-state index in [0.29, 0.717) is 6.04 Å². The van der Waals surface area contributed by atoms with Crippen LogP contribution in [0, 0.1) is 19.3 Å². The van der Waals surface area contributed by atoms with Crippen molar-refractivity contribution in [2.75, 3.05) is 30.3 Å². The molecule has 21 heavy (non-hydrogen) atoms. The summed E-state index contributed by atoms with van der Waals surface area (Å²) in [7, 11) is 0. The van der Waals surface area contributed by atoms with Gasteiger partial charge in [-0.1, -0.05) is 12.0 Å². The number of piperidine rings is 1. The van der Waals surface area contributed by atoms with E-state index in [9.17, 15) is 4.79 Å². The molecule has 0 saturated carbocycles. The molecule has 1 fully saturated rings. The molecule has 0 spiro atoms. The predicted molar refractivity (Wildman–Crippen MR) is 87.4 cm³/mol. The van der Waals surface area contributed by atoms with E-state index in [0.717, 1.165) is 43.9 Å². The molecule has 1 aromatic rings. The van der Waals surface area contributed by atoms with Crippen LogP contribution in [0.5, 0.6) is 0 Å². The maximum Gasteiger partial charge on any atom is 0.221 e. The van der Waals surface area contributed by atoms with E-state index in [1.807, 2.05) is 18.2 Å². The Bertz CT molecular complexity index is 539. The first kappa shape index (κ1) is 15.4. The average molecular weight is 285 g/mol. The van der Waals surface area contributed by atoms with Gasteiger partial charge in [-0.25, -0.2) is 0 Å². The minimum absolute atomic E-state index is 0.0487. The Morgan fingerprint density at radius 1 is 1.43 bits per heavy atom. The molecule has 1 aliphatic heterocycles. The van der Waals surface area contributed by atoms with Gasteiger partial charge in [-0.15, -0.1) is 6.42 Å². The number of nitrogens with one attached hydrogen (secondary N) is 2. The number of anilines is 2. The highest BCUT2D eigenvalue weighted by atomic mass is 16.1. The Hall–Kier alpha value is -1.99. The number of carbonyl (C=O) groups excluding carboxylic acids is 1. The number of likely N-dealkylation sites (tertiary alicyclic amines) is 1. The van der Waals surface area contributed by atoms with Gasteiger partial charge >= 0.3 is 0 Å². The van der Waals surface area contributed by atoms with Crippen molar-refractivity contribution in [2.45, 2.75) is 32.7 Å². The highest BCUT2D eigenvalue weighted by Crippen LogP contribution is 2.23. The van der Waals surface area contributed by atoms with Gasteiger partial charge in [-0.3, -0.25) is 9.69 Å². The second kappa shape index (κ2) is 7.14. The fourth-order valence-electron chi connectivity index (χ4n) is 2.64. The van der Waals surface area contributed by atoms with Crippen LogP contribution < -0.4 is 10.6 Å². The van der Waals surface area contributed by atoms with E-state index in [1.165, 1.54) is 12.5 Å². The first-order chi connectivity index (χ1) is 10.1. The third-order valence-electron chi connectivity index (χ3n) is 3.82. The van der Waals surface area contributed by atoms with Crippen molar-refractivity contribution in [3.8, 4) is 12.3 Å². The van der Waals surface area contributed by atoms with Crippen molar-refractivity contribution in [2.24, 2.45) is 0 Å². The molecule has 0 unspecified atom stereocenters. The fourth-order valence-corrected chi connectivity index (χ4v) is 2.64. The van der Waals surface area contributed by atoms with Gasteiger partial charge in [0.2, 0.25) is 5.91 Å². The molecule has 4 nitrogen and oxygen atoms in total. The molecule has 2 rings (SSSR count). The van der Waals surface area contributed by atoms with Gasteiger partial charge < -0.3 is 10.6 Å². The van der Waals surface area contributed by atoms with Gasteiger partial charge in [0.1, 0.15) is 0 Å². The second-order valence-corrected chi connectivity index (χ2v) is 5.61. The Morgan fingerprint density at radius 3 is 2.76 bits per heavy atom. The van der Waals surface area contributed by atoms with Gasteiger partial charge in [0.05, 0.1) is 6.54 Å². The third kappa shape index (κ3) is 4.51. The molecule has 112 valence electrons. The van der Waals surface area contributed by atoms with Crippen LogP contribution in [0.2, 0.25) is 0 Å². The smallest absolute Gasteiger partial charge is 0.221 e. The quantitative estimate of drug-likeness (QED) is 0.835. The van der Waals surface area contributed by atoms with Crippen LogP contribution in [0.15, 0.2) is 18.2 Å². The molecule has 0 aliphatic carbocycles. The van der Waals surface area contributed by atoms with E-state index in [1.54, 1.807) is 0 Å². The Kier molecular flexibility index (Phi) is 5.24. The van der Waals surface area contributed by atoms with E-state index < -0.39 is 0 Å². The lowest BCUT2D eigenvalue weighted by Crippen LogP contribution is -2.39. The zero-order chi connectivity index (χ0) is 15.2. The molecule has 0 atom stereocenters. The Balaban J connectivity index is 1.97. The summed E-state index contributed by atoms with van der Waals surface area (Å²) >= 11 is 0. The standard InChI is InChI=1S/C17H23N3O/c1-4-9-20-10-7-15(8-11-20)19-17-12-16(18-14(3)21)6-5-13(17)2/h1,5-6,12,15,19H,7-11H2,2-3H3,(H,18,21). The predicted octanol–water partition coefficient (Wildman–Crippen LogP) is 2.46. The van der Waals surface area contributed by atoms with Gasteiger partial charge in [-0.2, -0.15) is 0 Å². The third-order valence-corrected chi connectivity index (χ3v) is 3.82. The van der Waals surface area contributed by atoms with Crippen LogP contribution in [0.3, 0.4) is 0 Å². The molecule has 1 aromatic carbocycles. The summed E-state index contributed by atoms with van der Waals surface area (Å²) < 4.78 is 0. The molecule has 0 aromatic heterocycles. The maximum absolute atomic E-state index is 11.1. The number of nitrogens with zero attached hydrogens (tertiary/aromatic N) is 1. The molecule has 1 amide bonds. The van der Waals surface area contributed by atoms with Gasteiger partial charge in [-0.05, 0) is 37.5 Å². The zero-order valence-corrected chi connectivity index (χ0v) is 12.8. The fraction of sp³-hybridized carbons (Fsp3) is 0.471. The summed E-state index contributed by atoms with van der Waals surface area (Å²) in [5.41, 5.74) is 3.12. The maximum atomic E-state index is 11.1. The average Bonchev–Trinajstić information content (AvgIpc) is 2.44. The topological polar surface area (TPSA) is 44.4 Å². The summed E-state index contributed by atoms with van der Waals surface area (Å²) in [5.74, 6) is 2.65. The largest absolute Gasteiger partial charge is 0.382 e. The number of terminal acetylenes is 1. The molecule has 1 heterocycles. The highest BCUT2D eigenvalue weighted by molar-refractivity contribution is 5.89. The molecule has 1 saturated heterocycles. The van der Waals surface area contributed by atoms with Crippen LogP contribution in [0.4, 0.5) is 11.4 Å². The van der Waals surface area contributed by atoms with Crippen LogP contribution >= 0.6 is 0 Å². The lowest BCUT2D eigenvalue weighted by atomic mass is 10.0. The van der Waals surface area contributed by atoms with Crippen molar-refractivity contribution < 1.29 is 4.79 Å². The van der Waals surface area contributed by atoms with Gasteiger partial charge in [0.25, 0.3) is 0 Å². The molecule has 0 bridgehead atoms. The number of hydrogen-bond acceptors (Lipinski definition) is 3. The SMILES string of the molecule is C#CCN1CCC(Nc2cc(NC(C)=O)ccc2C)CC1. The summed E-state index contributed by atoms with van der Waals surface area (Å²) in [6, 6.07) is 6.42. The number of aryl methyl sites for hydroxylation is 1. The Labute approximate surface area is 126 Å². The van der Waals surface area contributed by atoms with E-state index >= 15 is 0 Å². The Morgan fingerprint density at radius 2 is 2.14 bits per heavy atom. The first-order valence-corrected chi connectivity index (χ1v) is 7.39. The van der Waals surface area contributed by atoms with Crippen molar-refractivity contribution >= 4 is 17.3 Å². The monoisotopic (exact) mass is 285 g/mol.